The number of carbonyl (C=O) groups excluding carboxylic acids is 1. The van der Waals surface area contributed by atoms with E-state index >= 15 is 0 Å². The number of nitrogens with zero attached hydrogens (tertiary/aromatic N) is 2. The molecule has 1 aliphatic heterocycles. The molecule has 1 fully saturated rings. The van der Waals surface area contributed by atoms with Crippen LogP contribution in [0.15, 0.2) is 54.2 Å². The summed E-state index contributed by atoms with van der Waals surface area (Å²) in [5, 5.41) is 12.1. The van der Waals surface area contributed by atoms with Gasteiger partial charge in [-0.25, -0.2) is 4.79 Å². The van der Waals surface area contributed by atoms with E-state index in [1.54, 1.807) is 12.3 Å². The average Bonchev–Trinajstić information content (AvgIpc) is 3.20. The lowest BCUT2D eigenvalue weighted by Gasteiger charge is -2.26. The molecule has 2 aromatic heterocycles. The molecular formula is C24H24N4O2. The van der Waals surface area contributed by atoms with Gasteiger partial charge in [0, 0.05) is 24.3 Å². The molecule has 30 heavy (non-hydrogen) atoms. The van der Waals surface area contributed by atoms with E-state index in [-0.39, 0.29) is 12.1 Å². The molecule has 0 saturated carbocycles. The SMILES string of the molecule is C=c1ccc(-c2cn[nH]c2-c2cccc(C)n2)c/c1=C/C(=C\C)C(=O)OC1CNC1. The Morgan fingerprint density at radius 2 is 2.10 bits per heavy atom. The predicted molar refractivity (Wildman–Crippen MR) is 118 cm³/mol. The fourth-order valence-electron chi connectivity index (χ4n) is 3.27. The minimum atomic E-state index is -0.318. The number of hydrogen-bond acceptors (Lipinski definition) is 5. The zero-order chi connectivity index (χ0) is 21.1. The molecule has 3 heterocycles. The van der Waals surface area contributed by atoms with Gasteiger partial charge in [-0.05, 0) is 54.1 Å². The predicted octanol–water partition coefficient (Wildman–Crippen LogP) is 2.10. The van der Waals surface area contributed by atoms with Crippen molar-refractivity contribution in [3.63, 3.8) is 0 Å². The fraction of sp³-hybridized carbons (Fsp3) is 0.208. The minimum Gasteiger partial charge on any atom is -0.456 e. The summed E-state index contributed by atoms with van der Waals surface area (Å²) >= 11 is 0. The van der Waals surface area contributed by atoms with Gasteiger partial charge in [-0.15, -0.1) is 0 Å². The first kappa shape index (κ1) is 19.8. The molecule has 0 radical (unpaired) electrons. The van der Waals surface area contributed by atoms with E-state index in [1.165, 1.54) is 0 Å². The van der Waals surface area contributed by atoms with Gasteiger partial charge in [0.1, 0.15) is 6.10 Å². The quantitative estimate of drug-likeness (QED) is 0.507. The number of ether oxygens (including phenoxy) is 1. The van der Waals surface area contributed by atoms with E-state index in [0.29, 0.717) is 18.7 Å². The van der Waals surface area contributed by atoms with E-state index in [1.807, 2.05) is 56.3 Å². The maximum absolute atomic E-state index is 12.5. The van der Waals surface area contributed by atoms with Crippen LogP contribution in [-0.4, -0.2) is 40.3 Å². The lowest BCUT2D eigenvalue weighted by Crippen LogP contribution is -2.49. The van der Waals surface area contributed by atoms with Gasteiger partial charge >= 0.3 is 5.97 Å². The van der Waals surface area contributed by atoms with Crippen molar-refractivity contribution in [2.45, 2.75) is 20.0 Å². The van der Waals surface area contributed by atoms with Gasteiger partial charge in [0.25, 0.3) is 0 Å². The number of allylic oxidation sites excluding steroid dienone is 1. The highest BCUT2D eigenvalue weighted by Gasteiger charge is 2.22. The topological polar surface area (TPSA) is 79.9 Å². The first-order valence-electron chi connectivity index (χ1n) is 9.91. The van der Waals surface area contributed by atoms with Crippen molar-refractivity contribution in [2.24, 2.45) is 0 Å². The van der Waals surface area contributed by atoms with Crippen LogP contribution in [0.5, 0.6) is 0 Å². The molecule has 1 saturated heterocycles. The molecular weight excluding hydrogens is 376 g/mol. The molecule has 1 aromatic carbocycles. The summed E-state index contributed by atoms with van der Waals surface area (Å²) in [7, 11) is 0. The highest BCUT2D eigenvalue weighted by molar-refractivity contribution is 5.97. The summed E-state index contributed by atoms with van der Waals surface area (Å²) in [6.45, 7) is 9.31. The molecule has 0 amide bonds. The van der Waals surface area contributed by atoms with Crippen LogP contribution in [0.3, 0.4) is 0 Å². The standard InChI is InChI=1S/C24H24N4O2/c1-4-17(24(29)30-20-12-25-13-20)10-19-11-18(9-8-15(19)2)21-14-26-28-23(21)22-7-5-6-16(3)27-22/h4-11,14,20,25H,2,12-13H2,1,3H3,(H,26,28)/b17-4+,19-10-. The van der Waals surface area contributed by atoms with Crippen molar-refractivity contribution >= 4 is 18.6 Å². The first-order chi connectivity index (χ1) is 14.5. The van der Waals surface area contributed by atoms with Crippen molar-refractivity contribution in [3.05, 3.63) is 70.4 Å². The van der Waals surface area contributed by atoms with Gasteiger partial charge < -0.3 is 10.1 Å². The van der Waals surface area contributed by atoms with Gasteiger partial charge in [0.15, 0.2) is 0 Å². The lowest BCUT2D eigenvalue weighted by atomic mass is 10.0. The number of benzene rings is 1. The number of H-pyrrole nitrogens is 1. The molecule has 152 valence electrons. The van der Waals surface area contributed by atoms with Crippen molar-refractivity contribution < 1.29 is 9.53 Å². The Kier molecular flexibility index (Phi) is 5.59. The lowest BCUT2D eigenvalue weighted by molar-refractivity contribution is -0.145. The van der Waals surface area contributed by atoms with E-state index in [4.69, 9.17) is 4.74 Å². The third-order valence-electron chi connectivity index (χ3n) is 5.12. The number of carbonyl (C=O) groups is 1. The maximum atomic E-state index is 12.5. The fourth-order valence-corrected chi connectivity index (χ4v) is 3.27. The number of aromatic nitrogens is 3. The van der Waals surface area contributed by atoms with Crippen LogP contribution in [0.1, 0.15) is 12.6 Å². The summed E-state index contributed by atoms with van der Waals surface area (Å²) in [5.74, 6) is -0.318. The van der Waals surface area contributed by atoms with Crippen molar-refractivity contribution in [2.75, 3.05) is 13.1 Å². The van der Waals surface area contributed by atoms with Crippen LogP contribution in [0.4, 0.5) is 0 Å². The van der Waals surface area contributed by atoms with Gasteiger partial charge in [-0.1, -0.05) is 30.9 Å². The van der Waals surface area contributed by atoms with E-state index in [0.717, 1.165) is 38.6 Å². The van der Waals surface area contributed by atoms with Crippen molar-refractivity contribution in [1.29, 1.82) is 0 Å². The summed E-state index contributed by atoms with van der Waals surface area (Å²) < 4.78 is 5.50. The Hall–Kier alpha value is -3.51. The Balaban J connectivity index is 1.71. The average molecular weight is 400 g/mol. The maximum Gasteiger partial charge on any atom is 0.338 e. The van der Waals surface area contributed by atoms with Gasteiger partial charge in [-0.3, -0.25) is 10.1 Å². The second-order valence-electron chi connectivity index (χ2n) is 7.31. The number of pyridine rings is 1. The zero-order valence-corrected chi connectivity index (χ0v) is 17.1. The largest absolute Gasteiger partial charge is 0.456 e. The second-order valence-corrected chi connectivity index (χ2v) is 7.31. The Morgan fingerprint density at radius 3 is 2.80 bits per heavy atom. The molecule has 4 rings (SSSR count). The Morgan fingerprint density at radius 1 is 1.27 bits per heavy atom. The Labute approximate surface area is 175 Å². The van der Waals surface area contributed by atoms with E-state index in [2.05, 4.69) is 27.1 Å². The molecule has 0 bridgehead atoms. The molecule has 0 atom stereocenters. The van der Waals surface area contributed by atoms with Gasteiger partial charge in [-0.2, -0.15) is 5.10 Å². The van der Waals surface area contributed by atoms with Crippen LogP contribution in [0, 0.1) is 6.92 Å². The molecule has 1 aliphatic rings. The van der Waals surface area contributed by atoms with Crippen molar-refractivity contribution in [3.8, 4) is 22.5 Å². The van der Waals surface area contributed by atoms with Gasteiger partial charge in [0.05, 0.1) is 23.2 Å². The number of nitrogens with one attached hydrogen (secondary N) is 2. The van der Waals surface area contributed by atoms with Crippen LogP contribution in [0.25, 0.3) is 35.2 Å². The monoisotopic (exact) mass is 400 g/mol. The summed E-state index contributed by atoms with van der Waals surface area (Å²) in [6, 6.07) is 11.8. The number of aromatic amines is 1. The molecule has 0 unspecified atom stereocenters. The highest BCUT2D eigenvalue weighted by Crippen LogP contribution is 2.28. The molecule has 2 N–H and O–H groups in total. The number of esters is 1. The summed E-state index contributed by atoms with van der Waals surface area (Å²) in [5.41, 5.74) is 5.04. The zero-order valence-electron chi connectivity index (χ0n) is 17.1. The van der Waals surface area contributed by atoms with Crippen LogP contribution in [-0.2, 0) is 9.53 Å². The van der Waals surface area contributed by atoms with E-state index in [9.17, 15) is 4.79 Å². The highest BCUT2D eigenvalue weighted by atomic mass is 16.5. The molecule has 6 heteroatoms. The number of hydrogen-bond donors (Lipinski definition) is 2. The Bertz CT molecular complexity index is 1220. The number of aryl methyl sites for hydroxylation is 1. The van der Waals surface area contributed by atoms with Gasteiger partial charge in [0.2, 0.25) is 0 Å². The third kappa shape index (κ3) is 4.09. The van der Waals surface area contributed by atoms with Crippen LogP contribution in [0.2, 0.25) is 0 Å². The van der Waals surface area contributed by atoms with E-state index < -0.39 is 0 Å². The normalized spacial score (nSPS) is 15.1. The van der Waals surface area contributed by atoms with Crippen LogP contribution >= 0.6 is 0 Å². The second kappa shape index (κ2) is 8.47. The third-order valence-corrected chi connectivity index (χ3v) is 5.12. The number of rotatable bonds is 5. The molecule has 0 aliphatic carbocycles. The minimum absolute atomic E-state index is 0.0540. The summed E-state index contributed by atoms with van der Waals surface area (Å²) in [6.07, 6.45) is 5.32. The van der Waals surface area contributed by atoms with Crippen LogP contribution < -0.4 is 15.8 Å². The smallest absolute Gasteiger partial charge is 0.338 e. The first-order valence-corrected chi connectivity index (χ1v) is 9.91. The molecule has 3 aromatic rings. The summed E-state index contributed by atoms with van der Waals surface area (Å²) in [4.78, 5) is 17.1. The van der Waals surface area contributed by atoms with Crippen molar-refractivity contribution in [1.82, 2.24) is 20.5 Å². The molecule has 0 spiro atoms. The molecule has 6 nitrogen and oxygen atoms in total.